The van der Waals surface area contributed by atoms with E-state index in [1.165, 1.54) is 0 Å². The van der Waals surface area contributed by atoms with Crippen LogP contribution >= 0.6 is 0 Å². The fraction of sp³-hybridized carbons (Fsp3) is 0.500. The molecule has 1 N–H and O–H groups in total. The summed E-state index contributed by atoms with van der Waals surface area (Å²) < 4.78 is 28.3. The number of hydrogen-bond acceptors (Lipinski definition) is 3. The summed E-state index contributed by atoms with van der Waals surface area (Å²) in [6, 6.07) is 1.96. The molecule has 26 heavy (non-hydrogen) atoms. The van der Waals surface area contributed by atoms with Gasteiger partial charge in [-0.15, -0.1) is 0 Å². The van der Waals surface area contributed by atoms with Crippen molar-refractivity contribution in [1.29, 1.82) is 0 Å². The molecule has 4 heterocycles. The lowest BCUT2D eigenvalue weighted by atomic mass is 9.80. The van der Waals surface area contributed by atoms with Gasteiger partial charge >= 0.3 is 0 Å². The first-order chi connectivity index (χ1) is 12.5. The van der Waals surface area contributed by atoms with E-state index in [2.05, 4.69) is 19.4 Å². The first-order valence-electron chi connectivity index (χ1n) is 8.98. The quantitative estimate of drug-likeness (QED) is 0.765. The highest BCUT2D eigenvalue weighted by Gasteiger charge is 2.50. The summed E-state index contributed by atoms with van der Waals surface area (Å²) in [5, 5.41) is 0. The topological polar surface area (TPSA) is 66.3 Å². The predicted octanol–water partition coefficient (Wildman–Crippen LogP) is 2.96. The number of rotatable bonds is 2. The van der Waals surface area contributed by atoms with E-state index in [1.54, 1.807) is 17.3 Å². The molecule has 1 amide bonds. The Hall–Kier alpha value is -2.51. The fourth-order valence-corrected chi connectivity index (χ4v) is 4.27. The van der Waals surface area contributed by atoms with Crippen molar-refractivity contribution in [3.63, 3.8) is 0 Å². The molecule has 1 saturated carbocycles. The Morgan fingerprint density at radius 1 is 1.27 bits per heavy atom. The molecule has 2 fully saturated rings. The Bertz CT molecular complexity index is 986. The molecule has 1 atom stereocenters. The van der Waals surface area contributed by atoms with E-state index in [1.807, 2.05) is 12.3 Å². The molecule has 1 aliphatic carbocycles. The van der Waals surface area contributed by atoms with E-state index >= 15 is 0 Å². The van der Waals surface area contributed by atoms with Gasteiger partial charge in [0.2, 0.25) is 11.8 Å². The summed E-state index contributed by atoms with van der Waals surface area (Å²) in [5.74, 6) is -2.32. The number of H-pyrrole nitrogens is 1. The molecular formula is C18H19F2N5O. The van der Waals surface area contributed by atoms with Gasteiger partial charge in [-0.1, -0.05) is 0 Å². The van der Waals surface area contributed by atoms with Crippen LogP contribution in [0.1, 0.15) is 37.4 Å². The van der Waals surface area contributed by atoms with Gasteiger partial charge in [0.05, 0.1) is 23.4 Å². The molecule has 3 aromatic rings. The van der Waals surface area contributed by atoms with Crippen molar-refractivity contribution in [2.24, 2.45) is 5.92 Å². The van der Waals surface area contributed by atoms with E-state index in [4.69, 9.17) is 0 Å². The largest absolute Gasteiger partial charge is 0.345 e. The van der Waals surface area contributed by atoms with Gasteiger partial charge in [0.25, 0.3) is 0 Å². The Morgan fingerprint density at radius 2 is 2.08 bits per heavy atom. The lowest BCUT2D eigenvalue weighted by Crippen LogP contribution is -2.49. The smallest absolute Gasteiger partial charge is 0.249 e. The molecule has 0 spiro atoms. The average Bonchev–Trinajstić information content (AvgIpc) is 3.24. The first kappa shape index (κ1) is 15.7. The van der Waals surface area contributed by atoms with Crippen LogP contribution in [0.4, 0.5) is 8.78 Å². The third kappa shape index (κ3) is 2.39. The summed E-state index contributed by atoms with van der Waals surface area (Å²) in [6.45, 7) is 1.18. The van der Waals surface area contributed by atoms with Gasteiger partial charge < -0.3 is 9.88 Å². The molecule has 8 heteroatoms. The minimum Gasteiger partial charge on any atom is -0.345 e. The van der Waals surface area contributed by atoms with E-state index in [9.17, 15) is 13.6 Å². The van der Waals surface area contributed by atoms with Gasteiger partial charge in [0.1, 0.15) is 5.82 Å². The summed E-state index contributed by atoms with van der Waals surface area (Å²) in [7, 11) is 0. The maximum absolute atomic E-state index is 13.1. The lowest BCUT2D eigenvalue weighted by molar-refractivity contribution is -0.160. The van der Waals surface area contributed by atoms with Gasteiger partial charge in [-0.25, -0.2) is 18.7 Å². The Labute approximate surface area is 148 Å². The third-order valence-corrected chi connectivity index (χ3v) is 5.62. The number of amides is 1. The van der Waals surface area contributed by atoms with Crippen LogP contribution in [-0.4, -0.2) is 49.2 Å². The summed E-state index contributed by atoms with van der Waals surface area (Å²) >= 11 is 0. The number of halogens is 2. The molecular weight excluding hydrogens is 340 g/mol. The number of aromatic amines is 1. The molecule has 1 saturated heterocycles. The molecule has 1 aliphatic heterocycles. The monoisotopic (exact) mass is 359 g/mol. The lowest BCUT2D eigenvalue weighted by Gasteiger charge is -2.40. The molecule has 136 valence electrons. The number of piperidine rings is 1. The summed E-state index contributed by atoms with van der Waals surface area (Å²) in [4.78, 5) is 26.4. The van der Waals surface area contributed by atoms with Gasteiger partial charge in [-0.2, -0.15) is 0 Å². The summed E-state index contributed by atoms with van der Waals surface area (Å²) in [6.07, 6.45) is 6.57. The number of alkyl halides is 2. The van der Waals surface area contributed by atoms with E-state index < -0.39 is 11.8 Å². The van der Waals surface area contributed by atoms with Crippen molar-refractivity contribution in [3.8, 4) is 0 Å². The number of carbonyl (C=O) groups is 1. The van der Waals surface area contributed by atoms with Crippen molar-refractivity contribution in [1.82, 2.24) is 24.3 Å². The average molecular weight is 359 g/mol. The minimum absolute atomic E-state index is 0.0938. The zero-order valence-corrected chi connectivity index (χ0v) is 14.2. The van der Waals surface area contributed by atoms with Crippen LogP contribution in [0, 0.1) is 5.92 Å². The number of carbonyl (C=O) groups excluding carboxylic acids is 1. The molecule has 0 aromatic carbocycles. The van der Waals surface area contributed by atoms with E-state index in [0.29, 0.717) is 13.1 Å². The molecule has 5 rings (SSSR count). The molecule has 0 radical (unpaired) electrons. The maximum atomic E-state index is 13.1. The SMILES string of the molecule is O=C(C1CC(F)(F)C1)N1CCCC(c2ncc3cnc4[nH]ccc4n23)C1. The number of likely N-dealkylation sites (tertiary alicyclic amines) is 1. The number of nitrogens with zero attached hydrogens (tertiary/aromatic N) is 4. The maximum Gasteiger partial charge on any atom is 0.249 e. The predicted molar refractivity (Wildman–Crippen MR) is 91.1 cm³/mol. The summed E-state index contributed by atoms with van der Waals surface area (Å²) in [5.41, 5.74) is 2.66. The van der Waals surface area contributed by atoms with Crippen molar-refractivity contribution in [2.45, 2.75) is 37.5 Å². The van der Waals surface area contributed by atoms with Crippen LogP contribution in [0.2, 0.25) is 0 Å². The van der Waals surface area contributed by atoms with Gasteiger partial charge in [0, 0.05) is 44.0 Å². The minimum atomic E-state index is -2.66. The normalized spacial score (nSPS) is 23.5. The van der Waals surface area contributed by atoms with Gasteiger partial charge in [-0.05, 0) is 18.9 Å². The number of imidazole rings is 1. The molecule has 1 unspecified atom stereocenters. The Morgan fingerprint density at radius 3 is 2.88 bits per heavy atom. The number of hydrogen-bond donors (Lipinski definition) is 1. The van der Waals surface area contributed by atoms with Crippen LogP contribution in [0.15, 0.2) is 24.7 Å². The third-order valence-electron chi connectivity index (χ3n) is 5.62. The van der Waals surface area contributed by atoms with Crippen molar-refractivity contribution < 1.29 is 13.6 Å². The standard InChI is InChI=1S/C18H19F2N5O/c19-18(20)6-12(7-18)17(26)24-5-1-2-11(10-24)16-23-9-13-8-22-15-14(25(13)16)3-4-21-15/h3-4,8-9,11-12,21H,1-2,5-7,10H2. The van der Waals surface area contributed by atoms with E-state index in [0.717, 1.165) is 35.3 Å². The molecule has 3 aromatic heterocycles. The second-order valence-corrected chi connectivity index (χ2v) is 7.43. The zero-order valence-electron chi connectivity index (χ0n) is 14.2. The van der Waals surface area contributed by atoms with Crippen LogP contribution in [0.25, 0.3) is 16.7 Å². The second kappa shape index (κ2) is 5.49. The van der Waals surface area contributed by atoms with Crippen molar-refractivity contribution in [3.05, 3.63) is 30.5 Å². The van der Waals surface area contributed by atoms with Gasteiger partial charge in [-0.3, -0.25) is 9.20 Å². The first-order valence-corrected chi connectivity index (χ1v) is 8.98. The molecule has 0 bridgehead atoms. The van der Waals surface area contributed by atoms with E-state index in [-0.39, 0.29) is 24.7 Å². The van der Waals surface area contributed by atoms with Crippen LogP contribution < -0.4 is 0 Å². The van der Waals surface area contributed by atoms with Crippen LogP contribution in [0.3, 0.4) is 0 Å². The molecule has 6 nitrogen and oxygen atoms in total. The highest BCUT2D eigenvalue weighted by Crippen LogP contribution is 2.43. The van der Waals surface area contributed by atoms with Crippen LogP contribution in [0.5, 0.6) is 0 Å². The zero-order chi connectivity index (χ0) is 17.9. The second-order valence-electron chi connectivity index (χ2n) is 7.43. The highest BCUT2D eigenvalue weighted by molar-refractivity contribution is 5.80. The van der Waals surface area contributed by atoms with Crippen molar-refractivity contribution >= 4 is 22.6 Å². The highest BCUT2D eigenvalue weighted by atomic mass is 19.3. The Kier molecular flexibility index (Phi) is 3.32. The molecule has 2 aliphatic rings. The number of nitrogens with one attached hydrogen (secondary N) is 1. The fourth-order valence-electron chi connectivity index (χ4n) is 4.27. The van der Waals surface area contributed by atoms with Crippen molar-refractivity contribution in [2.75, 3.05) is 13.1 Å². The van der Waals surface area contributed by atoms with Gasteiger partial charge in [0.15, 0.2) is 5.65 Å². The number of fused-ring (bicyclic) bond motifs is 3. The Balaban J connectivity index is 1.43. The number of aromatic nitrogens is 4. The van der Waals surface area contributed by atoms with Crippen LogP contribution in [-0.2, 0) is 4.79 Å².